The molecule has 31 heavy (non-hydrogen) atoms. The van der Waals surface area contributed by atoms with Crippen molar-refractivity contribution in [2.45, 2.75) is 0 Å². The maximum Gasteiger partial charge on any atom is 0.266 e. The number of furan rings is 1. The van der Waals surface area contributed by atoms with Gasteiger partial charge in [-0.05, 0) is 35.0 Å². The molecule has 0 spiro atoms. The third kappa shape index (κ3) is 4.21. The number of carbonyl (C=O) groups excluding carboxylic acids is 2. The zero-order valence-corrected chi connectivity index (χ0v) is 16.2. The summed E-state index contributed by atoms with van der Waals surface area (Å²) in [4.78, 5) is 23.9. The van der Waals surface area contributed by atoms with Crippen LogP contribution in [0.2, 0.25) is 0 Å². The number of amides is 1. The van der Waals surface area contributed by atoms with Crippen molar-refractivity contribution < 1.29 is 19.1 Å². The highest BCUT2D eigenvalue weighted by Gasteiger charge is 2.13. The van der Waals surface area contributed by atoms with Gasteiger partial charge in [-0.2, -0.15) is 5.26 Å². The molecule has 6 nitrogen and oxygen atoms in total. The molecule has 1 heterocycles. The Hall–Kier alpha value is -4.63. The topological polar surface area (TPSA) is 106 Å². The second-order valence-electron chi connectivity index (χ2n) is 6.72. The molecule has 6 heteroatoms. The van der Waals surface area contributed by atoms with Crippen LogP contribution in [0.25, 0.3) is 28.2 Å². The molecule has 0 radical (unpaired) electrons. The van der Waals surface area contributed by atoms with E-state index in [9.17, 15) is 20.0 Å². The number of nitriles is 1. The van der Waals surface area contributed by atoms with Crippen LogP contribution < -0.4 is 10.4 Å². The highest BCUT2D eigenvalue weighted by Crippen LogP contribution is 2.27. The Morgan fingerprint density at radius 3 is 2.45 bits per heavy atom. The Morgan fingerprint density at radius 1 is 0.935 bits per heavy atom. The van der Waals surface area contributed by atoms with Crippen molar-refractivity contribution in [3.05, 3.63) is 95.8 Å². The number of carbonyl (C=O) groups is 2. The number of hydrogen-bond acceptors (Lipinski definition) is 5. The number of fused-ring (bicyclic) bond motifs is 1. The van der Waals surface area contributed by atoms with Crippen molar-refractivity contribution in [2.24, 2.45) is 0 Å². The van der Waals surface area contributed by atoms with Crippen molar-refractivity contribution in [1.29, 1.82) is 5.26 Å². The van der Waals surface area contributed by atoms with Crippen LogP contribution in [0.5, 0.6) is 0 Å². The molecule has 1 N–H and O–H groups in total. The fourth-order valence-electron chi connectivity index (χ4n) is 3.21. The first-order valence-electron chi connectivity index (χ1n) is 9.37. The Labute approximate surface area is 177 Å². The van der Waals surface area contributed by atoms with Gasteiger partial charge < -0.3 is 19.6 Å². The van der Waals surface area contributed by atoms with Gasteiger partial charge >= 0.3 is 0 Å². The Bertz CT molecular complexity index is 1380. The zero-order chi connectivity index (χ0) is 21.8. The van der Waals surface area contributed by atoms with E-state index in [0.29, 0.717) is 17.0 Å². The van der Waals surface area contributed by atoms with E-state index in [0.717, 1.165) is 10.8 Å². The summed E-state index contributed by atoms with van der Waals surface area (Å²) in [7, 11) is 0. The third-order valence-corrected chi connectivity index (χ3v) is 4.70. The SMILES string of the molecule is N#C/C(=C\c1ccc(-c2ccccc2C(=O)[O-])o1)C(=O)Nc1ccc2ccccc2c1. The van der Waals surface area contributed by atoms with E-state index in [1.807, 2.05) is 42.5 Å². The van der Waals surface area contributed by atoms with Gasteiger partial charge in [0.2, 0.25) is 0 Å². The van der Waals surface area contributed by atoms with Crippen molar-refractivity contribution in [2.75, 3.05) is 5.32 Å². The second kappa shape index (κ2) is 8.39. The average molecular weight is 407 g/mol. The molecule has 0 aliphatic heterocycles. The van der Waals surface area contributed by atoms with Crippen LogP contribution in [-0.2, 0) is 4.79 Å². The number of aromatic carboxylic acids is 1. The first kappa shape index (κ1) is 19.7. The number of carboxylic acids is 1. The van der Waals surface area contributed by atoms with Gasteiger partial charge in [-0.1, -0.05) is 54.6 Å². The number of benzene rings is 3. The van der Waals surface area contributed by atoms with Gasteiger partial charge in [0.05, 0.1) is 5.97 Å². The van der Waals surface area contributed by atoms with Gasteiger partial charge in [0, 0.05) is 22.9 Å². The fourth-order valence-corrected chi connectivity index (χ4v) is 3.21. The number of nitrogens with zero attached hydrogens (tertiary/aromatic N) is 1. The molecule has 4 aromatic rings. The molecule has 0 aliphatic carbocycles. The highest BCUT2D eigenvalue weighted by atomic mass is 16.4. The lowest BCUT2D eigenvalue weighted by molar-refractivity contribution is -0.254. The van der Waals surface area contributed by atoms with E-state index in [2.05, 4.69) is 5.32 Å². The van der Waals surface area contributed by atoms with Gasteiger partial charge in [0.25, 0.3) is 5.91 Å². The standard InChI is InChI=1S/C25H16N2O4/c26-15-18(24(28)27-19-10-9-16-5-1-2-6-17(16)13-19)14-20-11-12-23(31-20)21-7-3-4-8-22(21)25(29)30/h1-14H,(H,27,28)(H,29,30)/p-1/b18-14+. The van der Waals surface area contributed by atoms with Gasteiger partial charge in [0.15, 0.2) is 0 Å². The summed E-state index contributed by atoms with van der Waals surface area (Å²) in [5.41, 5.74) is 0.748. The summed E-state index contributed by atoms with van der Waals surface area (Å²) in [6.07, 6.45) is 1.31. The van der Waals surface area contributed by atoms with Gasteiger partial charge in [-0.15, -0.1) is 0 Å². The first-order valence-corrected chi connectivity index (χ1v) is 9.37. The van der Waals surface area contributed by atoms with E-state index in [4.69, 9.17) is 4.42 Å². The van der Waals surface area contributed by atoms with Crippen molar-refractivity contribution in [3.8, 4) is 17.4 Å². The molecule has 0 bridgehead atoms. The minimum Gasteiger partial charge on any atom is -0.545 e. The van der Waals surface area contributed by atoms with Gasteiger partial charge in [0.1, 0.15) is 23.2 Å². The molecule has 150 valence electrons. The molecule has 1 aromatic heterocycles. The Morgan fingerprint density at radius 2 is 1.68 bits per heavy atom. The summed E-state index contributed by atoms with van der Waals surface area (Å²) in [5, 5.41) is 25.5. The lowest BCUT2D eigenvalue weighted by Gasteiger charge is -2.07. The molecule has 3 aromatic carbocycles. The molecule has 1 amide bonds. The van der Waals surface area contributed by atoms with E-state index < -0.39 is 11.9 Å². The van der Waals surface area contributed by atoms with E-state index in [1.165, 1.54) is 12.1 Å². The monoisotopic (exact) mass is 407 g/mol. The van der Waals surface area contributed by atoms with Crippen LogP contribution in [-0.4, -0.2) is 11.9 Å². The molecule has 0 unspecified atom stereocenters. The quantitative estimate of drug-likeness (QED) is 0.397. The summed E-state index contributed by atoms with van der Waals surface area (Å²) in [5.74, 6) is -1.37. The Kier molecular flexibility index (Phi) is 5.33. The van der Waals surface area contributed by atoms with Gasteiger partial charge in [-0.25, -0.2) is 0 Å². The molecule has 0 aliphatic rings. The predicted octanol–water partition coefficient (Wildman–Crippen LogP) is 4.01. The highest BCUT2D eigenvalue weighted by molar-refractivity contribution is 6.10. The van der Waals surface area contributed by atoms with Gasteiger partial charge in [-0.3, -0.25) is 4.79 Å². The van der Waals surface area contributed by atoms with Crippen molar-refractivity contribution >= 4 is 34.4 Å². The lowest BCUT2D eigenvalue weighted by atomic mass is 10.1. The summed E-state index contributed by atoms with van der Waals surface area (Å²) < 4.78 is 5.65. The molecule has 4 rings (SSSR count). The fraction of sp³-hybridized carbons (Fsp3) is 0. The second-order valence-corrected chi connectivity index (χ2v) is 6.72. The molecule has 0 saturated carbocycles. The van der Waals surface area contributed by atoms with Crippen molar-refractivity contribution in [1.82, 2.24) is 0 Å². The van der Waals surface area contributed by atoms with Crippen LogP contribution in [0.4, 0.5) is 5.69 Å². The Balaban J connectivity index is 1.58. The lowest BCUT2D eigenvalue weighted by Crippen LogP contribution is -2.22. The van der Waals surface area contributed by atoms with Crippen LogP contribution in [0, 0.1) is 11.3 Å². The number of rotatable bonds is 5. The molecule has 0 fully saturated rings. The van der Waals surface area contributed by atoms with E-state index >= 15 is 0 Å². The molecule has 0 saturated heterocycles. The number of carboxylic acid groups (broad SMARTS) is 1. The van der Waals surface area contributed by atoms with Crippen LogP contribution in [0.15, 0.2) is 88.9 Å². The van der Waals surface area contributed by atoms with E-state index in [-0.39, 0.29) is 16.9 Å². The number of anilines is 1. The van der Waals surface area contributed by atoms with Crippen LogP contribution in [0.1, 0.15) is 16.1 Å². The summed E-state index contributed by atoms with van der Waals surface area (Å²) >= 11 is 0. The zero-order valence-electron chi connectivity index (χ0n) is 16.2. The minimum atomic E-state index is -1.32. The smallest absolute Gasteiger partial charge is 0.266 e. The number of hydrogen-bond donors (Lipinski definition) is 1. The van der Waals surface area contributed by atoms with Crippen LogP contribution in [0.3, 0.4) is 0 Å². The predicted molar refractivity (Wildman–Crippen MR) is 115 cm³/mol. The van der Waals surface area contributed by atoms with E-state index in [1.54, 1.807) is 36.4 Å². The summed E-state index contributed by atoms with van der Waals surface area (Å²) in [6.45, 7) is 0. The maximum atomic E-state index is 12.6. The largest absolute Gasteiger partial charge is 0.545 e. The number of nitrogens with one attached hydrogen (secondary N) is 1. The summed E-state index contributed by atoms with van der Waals surface area (Å²) in [6, 6.07) is 24.5. The van der Waals surface area contributed by atoms with Crippen molar-refractivity contribution in [3.63, 3.8) is 0 Å². The minimum absolute atomic E-state index is 0.0121. The average Bonchev–Trinajstić information content (AvgIpc) is 3.25. The molecular weight excluding hydrogens is 392 g/mol. The first-order chi connectivity index (χ1) is 15.0. The molecule has 0 atom stereocenters. The normalized spacial score (nSPS) is 11.1. The maximum absolute atomic E-state index is 12.6. The molecular formula is C25H15N2O4-. The third-order valence-electron chi connectivity index (χ3n) is 4.70. The van der Waals surface area contributed by atoms with Crippen LogP contribution >= 0.6 is 0 Å².